The number of aromatic nitrogens is 1. The molecule has 1 aromatic heterocycles. The van der Waals surface area contributed by atoms with Gasteiger partial charge in [-0.15, -0.1) is 0 Å². The molecule has 0 aliphatic rings. The predicted molar refractivity (Wildman–Crippen MR) is 71.3 cm³/mol. The second-order valence-corrected chi connectivity index (χ2v) is 4.15. The number of ether oxygens (including phenoxy) is 2. The Bertz CT molecular complexity index is 519. The Morgan fingerprint density at radius 1 is 1.05 bits per heavy atom. The molecule has 0 N–H and O–H groups in total. The SMILES string of the molecule is Fc1ccc(OCCCOc2cccnc2Cl)cc1. The number of hydrogen-bond acceptors (Lipinski definition) is 3. The lowest BCUT2D eigenvalue weighted by molar-refractivity contribution is 0.247. The second-order valence-electron chi connectivity index (χ2n) is 3.80. The van der Waals surface area contributed by atoms with Gasteiger partial charge in [-0.25, -0.2) is 9.37 Å². The molecule has 0 aliphatic carbocycles. The molecular formula is C14H13ClFNO2. The van der Waals surface area contributed by atoms with Crippen LogP contribution in [-0.2, 0) is 0 Å². The fourth-order valence-corrected chi connectivity index (χ4v) is 1.61. The van der Waals surface area contributed by atoms with E-state index in [1.54, 1.807) is 30.5 Å². The standard InChI is InChI=1S/C14H13ClFNO2/c15-14-13(3-1-8-17-14)19-10-2-9-18-12-6-4-11(16)5-7-12/h1,3-8H,2,9-10H2. The molecular weight excluding hydrogens is 269 g/mol. The molecule has 0 radical (unpaired) electrons. The first-order chi connectivity index (χ1) is 9.25. The van der Waals surface area contributed by atoms with Crippen LogP contribution in [-0.4, -0.2) is 18.2 Å². The highest BCUT2D eigenvalue weighted by molar-refractivity contribution is 6.30. The lowest BCUT2D eigenvalue weighted by Gasteiger charge is -2.08. The van der Waals surface area contributed by atoms with Crippen molar-refractivity contribution >= 4 is 11.6 Å². The van der Waals surface area contributed by atoms with Crippen LogP contribution in [0.5, 0.6) is 11.5 Å². The zero-order chi connectivity index (χ0) is 13.5. The van der Waals surface area contributed by atoms with Crippen molar-refractivity contribution in [1.29, 1.82) is 0 Å². The second kappa shape index (κ2) is 6.95. The van der Waals surface area contributed by atoms with E-state index in [2.05, 4.69) is 4.98 Å². The van der Waals surface area contributed by atoms with Crippen LogP contribution in [0.25, 0.3) is 0 Å². The highest BCUT2D eigenvalue weighted by atomic mass is 35.5. The Morgan fingerprint density at radius 3 is 2.53 bits per heavy atom. The van der Waals surface area contributed by atoms with E-state index in [9.17, 15) is 4.39 Å². The summed E-state index contributed by atoms with van der Waals surface area (Å²) in [7, 11) is 0. The van der Waals surface area contributed by atoms with E-state index in [1.165, 1.54) is 12.1 Å². The maximum absolute atomic E-state index is 12.7. The van der Waals surface area contributed by atoms with E-state index < -0.39 is 0 Å². The van der Waals surface area contributed by atoms with Gasteiger partial charge in [0.15, 0.2) is 10.9 Å². The van der Waals surface area contributed by atoms with Crippen LogP contribution in [0.1, 0.15) is 6.42 Å². The van der Waals surface area contributed by atoms with Gasteiger partial charge in [0.25, 0.3) is 0 Å². The molecule has 2 rings (SSSR count). The smallest absolute Gasteiger partial charge is 0.171 e. The molecule has 0 unspecified atom stereocenters. The molecule has 0 spiro atoms. The normalized spacial score (nSPS) is 10.2. The van der Waals surface area contributed by atoms with Gasteiger partial charge in [0.1, 0.15) is 11.6 Å². The van der Waals surface area contributed by atoms with Gasteiger partial charge in [-0.2, -0.15) is 0 Å². The number of benzene rings is 1. The summed E-state index contributed by atoms with van der Waals surface area (Å²) in [5.74, 6) is 0.925. The maximum atomic E-state index is 12.7. The van der Waals surface area contributed by atoms with E-state index in [0.29, 0.717) is 36.3 Å². The number of nitrogens with zero attached hydrogens (tertiary/aromatic N) is 1. The lowest BCUT2D eigenvalue weighted by atomic mass is 10.3. The first-order valence-corrected chi connectivity index (χ1v) is 6.25. The average molecular weight is 282 g/mol. The molecule has 1 aromatic carbocycles. The highest BCUT2D eigenvalue weighted by Crippen LogP contribution is 2.20. The zero-order valence-corrected chi connectivity index (χ0v) is 10.9. The van der Waals surface area contributed by atoms with Gasteiger partial charge in [0.05, 0.1) is 13.2 Å². The van der Waals surface area contributed by atoms with Crippen LogP contribution in [0.4, 0.5) is 4.39 Å². The topological polar surface area (TPSA) is 31.4 Å². The molecule has 5 heteroatoms. The summed E-state index contributed by atoms with van der Waals surface area (Å²) < 4.78 is 23.6. The highest BCUT2D eigenvalue weighted by Gasteiger charge is 2.00. The van der Waals surface area contributed by atoms with Crippen LogP contribution in [0.15, 0.2) is 42.6 Å². The molecule has 0 aliphatic heterocycles. The van der Waals surface area contributed by atoms with Crippen molar-refractivity contribution in [2.24, 2.45) is 0 Å². The van der Waals surface area contributed by atoms with E-state index in [-0.39, 0.29) is 5.82 Å². The molecule has 100 valence electrons. The molecule has 3 nitrogen and oxygen atoms in total. The third-order valence-electron chi connectivity index (χ3n) is 2.35. The van der Waals surface area contributed by atoms with E-state index in [4.69, 9.17) is 21.1 Å². The summed E-state index contributed by atoms with van der Waals surface area (Å²) in [6.07, 6.45) is 2.30. The van der Waals surface area contributed by atoms with Crippen molar-refractivity contribution in [2.75, 3.05) is 13.2 Å². The van der Waals surface area contributed by atoms with E-state index in [1.807, 2.05) is 0 Å². The van der Waals surface area contributed by atoms with Gasteiger partial charge in [0, 0.05) is 12.6 Å². The molecule has 0 saturated heterocycles. The molecule has 0 saturated carbocycles. The Hall–Kier alpha value is -1.81. The number of hydrogen-bond donors (Lipinski definition) is 0. The third kappa shape index (κ3) is 4.41. The van der Waals surface area contributed by atoms with Crippen molar-refractivity contribution in [2.45, 2.75) is 6.42 Å². The van der Waals surface area contributed by atoms with Crippen LogP contribution in [0, 0.1) is 5.82 Å². The van der Waals surface area contributed by atoms with E-state index >= 15 is 0 Å². The minimum atomic E-state index is -0.276. The average Bonchev–Trinajstić information content (AvgIpc) is 2.42. The van der Waals surface area contributed by atoms with Crippen LogP contribution in [0.3, 0.4) is 0 Å². The molecule has 0 atom stereocenters. The summed E-state index contributed by atoms with van der Waals surface area (Å²) in [4.78, 5) is 3.91. The molecule has 0 bridgehead atoms. The van der Waals surface area contributed by atoms with Gasteiger partial charge in [0.2, 0.25) is 0 Å². The molecule has 2 aromatic rings. The first kappa shape index (κ1) is 13.6. The van der Waals surface area contributed by atoms with Gasteiger partial charge in [-0.3, -0.25) is 0 Å². The van der Waals surface area contributed by atoms with Gasteiger partial charge < -0.3 is 9.47 Å². The number of rotatable bonds is 6. The van der Waals surface area contributed by atoms with Crippen molar-refractivity contribution in [3.05, 3.63) is 53.6 Å². The fourth-order valence-electron chi connectivity index (χ4n) is 1.44. The Kier molecular flexibility index (Phi) is 4.98. The van der Waals surface area contributed by atoms with Gasteiger partial charge >= 0.3 is 0 Å². The molecule has 0 fully saturated rings. The van der Waals surface area contributed by atoms with Crippen LogP contribution < -0.4 is 9.47 Å². The van der Waals surface area contributed by atoms with Crippen molar-refractivity contribution in [3.63, 3.8) is 0 Å². The predicted octanol–water partition coefficient (Wildman–Crippen LogP) is 3.72. The first-order valence-electron chi connectivity index (χ1n) is 5.87. The number of pyridine rings is 1. The largest absolute Gasteiger partial charge is 0.493 e. The third-order valence-corrected chi connectivity index (χ3v) is 2.64. The number of halogens is 2. The van der Waals surface area contributed by atoms with Gasteiger partial charge in [-0.1, -0.05) is 11.6 Å². The zero-order valence-electron chi connectivity index (χ0n) is 10.2. The Balaban J connectivity index is 1.67. The summed E-state index contributed by atoms with van der Waals surface area (Å²) in [6.45, 7) is 0.968. The monoisotopic (exact) mass is 281 g/mol. The van der Waals surface area contributed by atoms with Crippen molar-refractivity contribution in [3.8, 4) is 11.5 Å². The molecule has 1 heterocycles. The maximum Gasteiger partial charge on any atom is 0.171 e. The fraction of sp³-hybridized carbons (Fsp3) is 0.214. The van der Waals surface area contributed by atoms with E-state index in [0.717, 1.165) is 0 Å². The molecule has 19 heavy (non-hydrogen) atoms. The summed E-state index contributed by atoms with van der Waals surface area (Å²) in [5.41, 5.74) is 0. The summed E-state index contributed by atoms with van der Waals surface area (Å²) in [5, 5.41) is 0.349. The Morgan fingerprint density at radius 2 is 1.79 bits per heavy atom. The van der Waals surface area contributed by atoms with Crippen LogP contribution >= 0.6 is 11.6 Å². The van der Waals surface area contributed by atoms with Crippen molar-refractivity contribution in [1.82, 2.24) is 4.98 Å². The molecule has 0 amide bonds. The van der Waals surface area contributed by atoms with Crippen molar-refractivity contribution < 1.29 is 13.9 Å². The minimum absolute atomic E-state index is 0.276. The quantitative estimate of drug-likeness (QED) is 0.597. The van der Waals surface area contributed by atoms with Gasteiger partial charge in [-0.05, 0) is 36.4 Å². The summed E-state index contributed by atoms with van der Waals surface area (Å²) in [6, 6.07) is 9.43. The minimum Gasteiger partial charge on any atom is -0.493 e. The summed E-state index contributed by atoms with van der Waals surface area (Å²) >= 11 is 5.84. The van der Waals surface area contributed by atoms with Crippen LogP contribution in [0.2, 0.25) is 5.15 Å². The Labute approximate surface area is 115 Å². The lowest BCUT2D eigenvalue weighted by Crippen LogP contribution is -2.05.